The zero-order valence-corrected chi connectivity index (χ0v) is 12.3. The lowest BCUT2D eigenvalue weighted by Crippen LogP contribution is -2.01. The van der Waals surface area contributed by atoms with Gasteiger partial charge in [0.2, 0.25) is 0 Å². The molecule has 0 saturated heterocycles. The van der Waals surface area contributed by atoms with Crippen LogP contribution in [0.4, 0.5) is 0 Å². The summed E-state index contributed by atoms with van der Waals surface area (Å²) in [5.74, 6) is -0.690. The van der Waals surface area contributed by atoms with E-state index < -0.39 is 0 Å². The molecule has 0 aromatic heterocycles. The van der Waals surface area contributed by atoms with Crippen molar-refractivity contribution < 1.29 is 19.1 Å². The average Bonchev–Trinajstić information content (AvgIpc) is 2.47. The number of ether oxygens (including phenoxy) is 2. The van der Waals surface area contributed by atoms with Gasteiger partial charge in [0, 0.05) is 12.2 Å². The molecule has 0 aliphatic carbocycles. The van der Waals surface area contributed by atoms with Crippen LogP contribution in [0.3, 0.4) is 0 Å². The van der Waals surface area contributed by atoms with Crippen molar-refractivity contribution in [3.05, 3.63) is 25.3 Å². The number of carbonyl (C=O) groups is 2. The molecular formula is C16H26O4. The van der Waals surface area contributed by atoms with Crippen molar-refractivity contribution in [3.63, 3.8) is 0 Å². The quantitative estimate of drug-likeness (QED) is 0.294. The molecular weight excluding hydrogens is 256 g/mol. The highest BCUT2D eigenvalue weighted by molar-refractivity contribution is 5.81. The molecule has 0 rings (SSSR count). The molecule has 0 fully saturated rings. The van der Waals surface area contributed by atoms with Crippen molar-refractivity contribution in [1.29, 1.82) is 0 Å². The summed E-state index contributed by atoms with van der Waals surface area (Å²) in [5.41, 5.74) is 0. The van der Waals surface area contributed by atoms with Crippen molar-refractivity contribution >= 4 is 11.9 Å². The fourth-order valence-electron chi connectivity index (χ4n) is 1.73. The molecule has 0 bridgehead atoms. The summed E-state index contributed by atoms with van der Waals surface area (Å²) >= 11 is 0. The van der Waals surface area contributed by atoms with Gasteiger partial charge in [-0.25, -0.2) is 9.59 Å². The van der Waals surface area contributed by atoms with Crippen LogP contribution in [0, 0.1) is 0 Å². The molecule has 0 amide bonds. The Kier molecular flexibility index (Phi) is 12.7. The van der Waals surface area contributed by atoms with Crippen LogP contribution in [0.5, 0.6) is 0 Å². The molecule has 0 aliphatic heterocycles. The zero-order valence-electron chi connectivity index (χ0n) is 12.3. The average molecular weight is 282 g/mol. The van der Waals surface area contributed by atoms with Gasteiger partial charge >= 0.3 is 11.9 Å². The summed E-state index contributed by atoms with van der Waals surface area (Å²) in [7, 11) is 0. The molecule has 0 atom stereocenters. The van der Waals surface area contributed by atoms with E-state index in [1.54, 1.807) is 0 Å². The standard InChI is InChI=1S/C16H26O4/c1-3-15(17)19-13-11-9-7-5-6-8-10-12-14-20-16(18)4-2/h3-4H,1-2,5-14H2. The van der Waals surface area contributed by atoms with Crippen molar-refractivity contribution in [1.82, 2.24) is 0 Å². The first-order chi connectivity index (χ1) is 9.70. The molecule has 20 heavy (non-hydrogen) atoms. The zero-order chi connectivity index (χ0) is 15.1. The van der Waals surface area contributed by atoms with Gasteiger partial charge in [-0.05, 0) is 12.8 Å². The highest BCUT2D eigenvalue weighted by Crippen LogP contribution is 2.08. The first kappa shape index (κ1) is 18.4. The normalized spacial score (nSPS) is 9.80. The van der Waals surface area contributed by atoms with Crippen LogP contribution in [0.25, 0.3) is 0 Å². The molecule has 0 aromatic carbocycles. The summed E-state index contributed by atoms with van der Waals surface area (Å²) in [6.45, 7) is 7.65. The minimum Gasteiger partial charge on any atom is -0.463 e. The van der Waals surface area contributed by atoms with Gasteiger partial charge in [-0.1, -0.05) is 51.7 Å². The first-order valence-corrected chi connectivity index (χ1v) is 7.29. The van der Waals surface area contributed by atoms with Gasteiger partial charge in [0.1, 0.15) is 0 Å². The van der Waals surface area contributed by atoms with E-state index in [2.05, 4.69) is 13.2 Å². The number of rotatable bonds is 13. The Morgan fingerprint density at radius 1 is 0.650 bits per heavy atom. The van der Waals surface area contributed by atoms with Crippen molar-refractivity contribution in [3.8, 4) is 0 Å². The van der Waals surface area contributed by atoms with Crippen molar-refractivity contribution in [2.24, 2.45) is 0 Å². The van der Waals surface area contributed by atoms with Crippen LogP contribution in [-0.4, -0.2) is 25.2 Å². The summed E-state index contributed by atoms with van der Waals surface area (Å²) in [4.78, 5) is 21.5. The largest absolute Gasteiger partial charge is 0.463 e. The molecule has 0 aliphatic rings. The third-order valence-corrected chi connectivity index (χ3v) is 2.86. The van der Waals surface area contributed by atoms with E-state index in [0.29, 0.717) is 13.2 Å². The molecule has 4 nitrogen and oxygen atoms in total. The topological polar surface area (TPSA) is 52.6 Å². The smallest absolute Gasteiger partial charge is 0.330 e. The lowest BCUT2D eigenvalue weighted by Gasteiger charge is -2.03. The van der Waals surface area contributed by atoms with Gasteiger partial charge in [0.25, 0.3) is 0 Å². The second-order valence-electron chi connectivity index (χ2n) is 4.57. The number of esters is 2. The van der Waals surface area contributed by atoms with Gasteiger partial charge < -0.3 is 9.47 Å². The van der Waals surface area contributed by atoms with E-state index in [4.69, 9.17) is 9.47 Å². The van der Waals surface area contributed by atoms with E-state index in [1.807, 2.05) is 0 Å². The number of hydrogen-bond donors (Lipinski definition) is 0. The Morgan fingerprint density at radius 3 is 1.25 bits per heavy atom. The SMILES string of the molecule is C=CC(=O)OCCCCCCCCCCOC(=O)C=C. The first-order valence-electron chi connectivity index (χ1n) is 7.29. The highest BCUT2D eigenvalue weighted by atomic mass is 16.5. The van der Waals surface area contributed by atoms with Crippen LogP contribution in [0.1, 0.15) is 51.4 Å². The minimum atomic E-state index is -0.345. The predicted molar refractivity (Wildman–Crippen MR) is 79.2 cm³/mol. The molecule has 114 valence electrons. The Morgan fingerprint density at radius 2 is 0.950 bits per heavy atom. The van der Waals surface area contributed by atoms with Crippen LogP contribution < -0.4 is 0 Å². The Balaban J connectivity index is 3.09. The maximum Gasteiger partial charge on any atom is 0.330 e. The fourth-order valence-corrected chi connectivity index (χ4v) is 1.73. The molecule has 0 saturated carbocycles. The maximum absolute atomic E-state index is 10.8. The van der Waals surface area contributed by atoms with Gasteiger partial charge in [0.15, 0.2) is 0 Å². The summed E-state index contributed by atoms with van der Waals surface area (Å²) in [6, 6.07) is 0. The predicted octanol–water partition coefficient (Wildman–Crippen LogP) is 3.57. The van der Waals surface area contributed by atoms with E-state index >= 15 is 0 Å². The van der Waals surface area contributed by atoms with Crippen LogP contribution in [0.15, 0.2) is 25.3 Å². The summed E-state index contributed by atoms with van der Waals surface area (Å²) in [6.07, 6.45) is 11.1. The minimum absolute atomic E-state index is 0.345. The van der Waals surface area contributed by atoms with Crippen molar-refractivity contribution in [2.45, 2.75) is 51.4 Å². The Hall–Kier alpha value is -1.58. The Labute approximate surface area is 121 Å². The van der Waals surface area contributed by atoms with E-state index in [1.165, 1.54) is 25.0 Å². The second-order valence-corrected chi connectivity index (χ2v) is 4.57. The highest BCUT2D eigenvalue weighted by Gasteiger charge is 1.97. The van der Waals surface area contributed by atoms with E-state index in [0.717, 1.165) is 38.5 Å². The third-order valence-electron chi connectivity index (χ3n) is 2.86. The fraction of sp³-hybridized carbons (Fsp3) is 0.625. The van der Waals surface area contributed by atoms with Gasteiger partial charge in [-0.2, -0.15) is 0 Å². The van der Waals surface area contributed by atoms with Crippen LogP contribution in [0.2, 0.25) is 0 Å². The van der Waals surface area contributed by atoms with Crippen LogP contribution in [-0.2, 0) is 19.1 Å². The molecule has 0 aromatic rings. The van der Waals surface area contributed by atoms with Crippen molar-refractivity contribution in [2.75, 3.05) is 13.2 Å². The molecule has 0 radical (unpaired) electrons. The number of carbonyl (C=O) groups excluding carboxylic acids is 2. The maximum atomic E-state index is 10.8. The molecule has 4 heteroatoms. The Bertz CT molecular complexity index is 267. The molecule has 0 heterocycles. The van der Waals surface area contributed by atoms with Gasteiger partial charge in [0.05, 0.1) is 13.2 Å². The van der Waals surface area contributed by atoms with E-state index in [9.17, 15) is 9.59 Å². The lowest BCUT2D eigenvalue weighted by molar-refractivity contribution is -0.138. The molecule has 0 spiro atoms. The summed E-state index contributed by atoms with van der Waals surface area (Å²) < 4.78 is 9.77. The third kappa shape index (κ3) is 12.9. The number of hydrogen-bond acceptors (Lipinski definition) is 4. The van der Waals surface area contributed by atoms with Crippen LogP contribution >= 0.6 is 0 Å². The van der Waals surface area contributed by atoms with E-state index in [-0.39, 0.29) is 11.9 Å². The second kappa shape index (κ2) is 13.8. The molecule has 0 unspecified atom stereocenters. The summed E-state index contributed by atoms with van der Waals surface area (Å²) in [5, 5.41) is 0. The molecule has 0 N–H and O–H groups in total. The monoisotopic (exact) mass is 282 g/mol. The van der Waals surface area contributed by atoms with Gasteiger partial charge in [-0.15, -0.1) is 0 Å². The van der Waals surface area contributed by atoms with Gasteiger partial charge in [-0.3, -0.25) is 0 Å². The lowest BCUT2D eigenvalue weighted by atomic mass is 10.1. The number of unbranched alkanes of at least 4 members (excludes halogenated alkanes) is 7.